The van der Waals surface area contributed by atoms with Gasteiger partial charge in [0, 0.05) is 5.75 Å². The fourth-order valence-corrected chi connectivity index (χ4v) is 2.00. The van der Waals surface area contributed by atoms with Gasteiger partial charge in [-0.3, -0.25) is 5.10 Å². The van der Waals surface area contributed by atoms with E-state index in [2.05, 4.69) is 26.7 Å². The molecule has 0 saturated carbocycles. The Kier molecular flexibility index (Phi) is 2.78. The zero-order chi connectivity index (χ0) is 9.80. The van der Waals surface area contributed by atoms with Gasteiger partial charge in [0.15, 0.2) is 5.65 Å². The highest BCUT2D eigenvalue weighted by Gasteiger charge is 2.04. The van der Waals surface area contributed by atoms with Gasteiger partial charge in [-0.1, -0.05) is 6.08 Å². The molecule has 14 heavy (non-hydrogen) atoms. The fraction of sp³-hybridized carbons (Fsp3) is 0.222. The molecule has 0 saturated heterocycles. The van der Waals surface area contributed by atoms with Crippen LogP contribution in [0.3, 0.4) is 0 Å². The average Bonchev–Trinajstić information content (AvgIpc) is 2.67. The summed E-state index contributed by atoms with van der Waals surface area (Å²) in [5.74, 6) is 0.987. The van der Waals surface area contributed by atoms with Crippen molar-refractivity contribution in [3.63, 3.8) is 0 Å². The number of aromatic amines is 1. The van der Waals surface area contributed by atoms with Crippen molar-refractivity contribution < 1.29 is 0 Å². The topological polar surface area (TPSA) is 54.5 Å². The van der Waals surface area contributed by atoms with Crippen molar-refractivity contribution in [2.45, 2.75) is 11.4 Å². The highest BCUT2D eigenvalue weighted by Crippen LogP contribution is 2.23. The third-order valence-electron chi connectivity index (χ3n) is 1.77. The molecule has 0 aliphatic heterocycles. The van der Waals surface area contributed by atoms with Crippen LogP contribution in [-0.4, -0.2) is 25.9 Å². The molecule has 72 valence electrons. The molecule has 2 aromatic rings. The molecule has 2 rings (SSSR count). The minimum atomic E-state index is 0.793. The first-order chi connectivity index (χ1) is 6.92. The number of aromatic nitrogens is 4. The van der Waals surface area contributed by atoms with Gasteiger partial charge in [-0.15, -0.1) is 18.3 Å². The SMILES string of the molecule is C=CCCSc1ncnc2[nH]ncc12. The zero-order valence-corrected chi connectivity index (χ0v) is 8.42. The fourth-order valence-electron chi connectivity index (χ4n) is 1.10. The van der Waals surface area contributed by atoms with Gasteiger partial charge < -0.3 is 0 Å². The van der Waals surface area contributed by atoms with Crippen LogP contribution in [0.15, 0.2) is 30.2 Å². The predicted octanol–water partition coefficient (Wildman–Crippen LogP) is 2.02. The standard InChI is InChI=1S/C9H10N4S/c1-2-3-4-14-9-7-5-12-13-8(7)10-6-11-9/h2,5-6H,1,3-4H2,(H,10,11,12,13). The second kappa shape index (κ2) is 4.23. The summed E-state index contributed by atoms with van der Waals surface area (Å²) in [6, 6.07) is 0. The van der Waals surface area contributed by atoms with Gasteiger partial charge in [0.2, 0.25) is 0 Å². The summed E-state index contributed by atoms with van der Waals surface area (Å²) >= 11 is 1.70. The van der Waals surface area contributed by atoms with Crippen LogP contribution in [0.25, 0.3) is 11.0 Å². The lowest BCUT2D eigenvalue weighted by molar-refractivity contribution is 1.06. The van der Waals surface area contributed by atoms with Crippen LogP contribution in [0.2, 0.25) is 0 Å². The summed E-state index contributed by atoms with van der Waals surface area (Å²) in [6.45, 7) is 3.68. The van der Waals surface area contributed by atoms with Gasteiger partial charge in [0.05, 0.1) is 11.6 Å². The smallest absolute Gasteiger partial charge is 0.159 e. The average molecular weight is 206 g/mol. The molecule has 0 aliphatic carbocycles. The van der Waals surface area contributed by atoms with E-state index in [1.54, 1.807) is 24.3 Å². The van der Waals surface area contributed by atoms with Crippen molar-refractivity contribution in [2.24, 2.45) is 0 Å². The third-order valence-corrected chi connectivity index (χ3v) is 2.81. The number of nitrogens with one attached hydrogen (secondary N) is 1. The molecule has 1 N–H and O–H groups in total. The molecule has 0 fully saturated rings. The minimum absolute atomic E-state index is 0.793. The molecule has 5 heteroatoms. The van der Waals surface area contributed by atoms with Crippen molar-refractivity contribution in [1.82, 2.24) is 20.2 Å². The summed E-state index contributed by atoms with van der Waals surface area (Å²) in [5.41, 5.74) is 0.793. The van der Waals surface area contributed by atoms with Crippen molar-refractivity contribution in [1.29, 1.82) is 0 Å². The number of thioether (sulfide) groups is 1. The largest absolute Gasteiger partial charge is 0.261 e. The molecule has 0 amide bonds. The maximum Gasteiger partial charge on any atom is 0.159 e. The van der Waals surface area contributed by atoms with Crippen LogP contribution >= 0.6 is 11.8 Å². The lowest BCUT2D eigenvalue weighted by atomic mass is 10.4. The highest BCUT2D eigenvalue weighted by atomic mass is 32.2. The van der Waals surface area contributed by atoms with E-state index >= 15 is 0 Å². The van der Waals surface area contributed by atoms with E-state index < -0.39 is 0 Å². The van der Waals surface area contributed by atoms with E-state index in [4.69, 9.17) is 0 Å². The van der Waals surface area contributed by atoms with Crippen molar-refractivity contribution in [2.75, 3.05) is 5.75 Å². The second-order valence-corrected chi connectivity index (χ2v) is 3.82. The third kappa shape index (κ3) is 1.77. The van der Waals surface area contributed by atoms with Crippen LogP contribution in [0.1, 0.15) is 6.42 Å². The molecular weight excluding hydrogens is 196 g/mol. The number of rotatable bonds is 4. The number of hydrogen-bond donors (Lipinski definition) is 1. The van der Waals surface area contributed by atoms with E-state index in [-0.39, 0.29) is 0 Å². The molecule has 0 radical (unpaired) electrons. The molecule has 0 atom stereocenters. The maximum absolute atomic E-state index is 4.21. The summed E-state index contributed by atoms with van der Waals surface area (Å²) in [6.07, 6.45) is 6.19. The molecule has 2 heterocycles. The predicted molar refractivity (Wildman–Crippen MR) is 57.2 cm³/mol. The summed E-state index contributed by atoms with van der Waals surface area (Å²) in [7, 11) is 0. The first-order valence-electron chi connectivity index (χ1n) is 4.29. The monoisotopic (exact) mass is 206 g/mol. The van der Waals surface area contributed by atoms with E-state index in [1.807, 2.05) is 6.08 Å². The van der Waals surface area contributed by atoms with E-state index in [0.29, 0.717) is 0 Å². The summed E-state index contributed by atoms with van der Waals surface area (Å²) in [4.78, 5) is 8.28. The summed E-state index contributed by atoms with van der Waals surface area (Å²) in [5, 5.41) is 8.71. The van der Waals surface area contributed by atoms with Gasteiger partial charge >= 0.3 is 0 Å². The number of hydrogen-bond acceptors (Lipinski definition) is 4. The second-order valence-electron chi connectivity index (χ2n) is 2.74. The molecular formula is C9H10N4S. The van der Waals surface area contributed by atoms with Crippen molar-refractivity contribution >= 4 is 22.8 Å². The maximum atomic E-state index is 4.21. The highest BCUT2D eigenvalue weighted by molar-refractivity contribution is 7.99. The van der Waals surface area contributed by atoms with Gasteiger partial charge in [0.25, 0.3) is 0 Å². The number of nitrogens with zero attached hydrogens (tertiary/aromatic N) is 3. The van der Waals surface area contributed by atoms with Crippen LogP contribution in [0.5, 0.6) is 0 Å². The first kappa shape index (κ1) is 9.21. The lowest BCUT2D eigenvalue weighted by Crippen LogP contribution is -1.85. The Hall–Kier alpha value is -1.36. The number of H-pyrrole nitrogens is 1. The van der Waals surface area contributed by atoms with Gasteiger partial charge in [-0.2, -0.15) is 5.10 Å². The van der Waals surface area contributed by atoms with Crippen molar-refractivity contribution in [3.8, 4) is 0 Å². The minimum Gasteiger partial charge on any atom is -0.261 e. The molecule has 0 aliphatic rings. The van der Waals surface area contributed by atoms with Gasteiger partial charge in [-0.25, -0.2) is 9.97 Å². The van der Waals surface area contributed by atoms with Crippen LogP contribution < -0.4 is 0 Å². The Morgan fingerprint density at radius 1 is 1.50 bits per heavy atom. The molecule has 0 spiro atoms. The molecule has 0 aromatic carbocycles. The summed E-state index contributed by atoms with van der Waals surface area (Å²) < 4.78 is 0. The van der Waals surface area contributed by atoms with Gasteiger partial charge in [-0.05, 0) is 6.42 Å². The molecule has 0 bridgehead atoms. The van der Waals surface area contributed by atoms with E-state index in [1.165, 1.54) is 0 Å². The quantitative estimate of drug-likeness (QED) is 0.360. The molecule has 0 unspecified atom stereocenters. The Morgan fingerprint density at radius 3 is 3.29 bits per heavy atom. The number of allylic oxidation sites excluding steroid dienone is 1. The van der Waals surface area contributed by atoms with Crippen LogP contribution in [-0.2, 0) is 0 Å². The van der Waals surface area contributed by atoms with E-state index in [0.717, 1.165) is 28.2 Å². The Bertz CT molecular complexity index is 437. The van der Waals surface area contributed by atoms with Crippen molar-refractivity contribution in [3.05, 3.63) is 25.2 Å². The first-order valence-corrected chi connectivity index (χ1v) is 5.28. The molecule has 4 nitrogen and oxygen atoms in total. The lowest BCUT2D eigenvalue weighted by Gasteiger charge is -1.98. The van der Waals surface area contributed by atoms with Crippen LogP contribution in [0.4, 0.5) is 0 Å². The molecule has 2 aromatic heterocycles. The normalized spacial score (nSPS) is 10.6. The zero-order valence-electron chi connectivity index (χ0n) is 7.60. The van der Waals surface area contributed by atoms with Crippen LogP contribution in [0, 0.1) is 0 Å². The Balaban J connectivity index is 2.23. The van der Waals surface area contributed by atoms with Gasteiger partial charge in [0.1, 0.15) is 11.4 Å². The van der Waals surface area contributed by atoms with E-state index in [9.17, 15) is 0 Å². The Labute approximate surface area is 85.8 Å². The Morgan fingerprint density at radius 2 is 2.43 bits per heavy atom. The number of fused-ring (bicyclic) bond motifs is 1.